The Labute approximate surface area is 171 Å². The molecule has 0 aliphatic carbocycles. The van der Waals surface area contributed by atoms with Crippen LogP contribution in [0.4, 0.5) is 10.1 Å². The third kappa shape index (κ3) is 4.77. The standard InChI is InChI=1S/C18H13BrFN3O2S2/c19-10-3-4-14(13(20)6-10)22-17(25)9-27-18-12(8-21)11(7-16(24)23-18)15-2-1-5-26-15/h1-6,11H,7,9H2,(H,22,25)(H,23,24)/t11-/m1/s1. The number of amides is 2. The fraction of sp³-hybridized carbons (Fsp3) is 0.167. The van der Waals surface area contributed by atoms with Crippen LogP contribution in [-0.4, -0.2) is 17.6 Å². The van der Waals surface area contributed by atoms with E-state index in [1.54, 1.807) is 6.07 Å². The van der Waals surface area contributed by atoms with Crippen molar-refractivity contribution in [2.45, 2.75) is 12.3 Å². The molecule has 0 unspecified atom stereocenters. The summed E-state index contributed by atoms with van der Waals surface area (Å²) in [6.45, 7) is 0. The van der Waals surface area contributed by atoms with E-state index >= 15 is 0 Å². The van der Waals surface area contributed by atoms with Gasteiger partial charge in [-0.2, -0.15) is 5.26 Å². The Morgan fingerprint density at radius 1 is 1.48 bits per heavy atom. The highest BCUT2D eigenvalue weighted by Crippen LogP contribution is 2.37. The van der Waals surface area contributed by atoms with Crippen molar-refractivity contribution in [1.29, 1.82) is 5.26 Å². The van der Waals surface area contributed by atoms with Crippen molar-refractivity contribution in [2.75, 3.05) is 11.1 Å². The Kier molecular flexibility index (Phi) is 6.31. The molecule has 0 saturated heterocycles. The van der Waals surface area contributed by atoms with Crippen LogP contribution in [0.1, 0.15) is 17.2 Å². The number of allylic oxidation sites excluding steroid dienone is 1. The lowest BCUT2D eigenvalue weighted by molar-refractivity contribution is -0.121. The van der Waals surface area contributed by atoms with Crippen LogP contribution in [0, 0.1) is 17.1 Å². The molecule has 2 amide bonds. The van der Waals surface area contributed by atoms with Gasteiger partial charge >= 0.3 is 0 Å². The van der Waals surface area contributed by atoms with E-state index in [4.69, 9.17) is 0 Å². The molecule has 2 N–H and O–H groups in total. The van der Waals surface area contributed by atoms with Crippen LogP contribution in [0.5, 0.6) is 0 Å². The highest BCUT2D eigenvalue weighted by molar-refractivity contribution is 9.10. The van der Waals surface area contributed by atoms with Crippen LogP contribution in [0.15, 0.2) is 50.8 Å². The molecule has 138 valence electrons. The Bertz CT molecular complexity index is 954. The molecule has 5 nitrogen and oxygen atoms in total. The van der Waals surface area contributed by atoms with Gasteiger partial charge in [0.15, 0.2) is 0 Å². The molecule has 0 bridgehead atoms. The van der Waals surface area contributed by atoms with Gasteiger partial charge in [0.1, 0.15) is 5.82 Å². The molecule has 1 aromatic heterocycles. The summed E-state index contributed by atoms with van der Waals surface area (Å²) in [5.74, 6) is -1.55. The molecular formula is C18H13BrFN3O2S2. The van der Waals surface area contributed by atoms with E-state index in [2.05, 4.69) is 32.6 Å². The van der Waals surface area contributed by atoms with Crippen LogP contribution < -0.4 is 10.6 Å². The van der Waals surface area contributed by atoms with Gasteiger partial charge in [0, 0.05) is 21.7 Å². The summed E-state index contributed by atoms with van der Waals surface area (Å²) in [6.07, 6.45) is 0.198. The third-order valence-corrected chi connectivity index (χ3v) is 6.29. The van der Waals surface area contributed by atoms with Crippen molar-refractivity contribution in [2.24, 2.45) is 0 Å². The van der Waals surface area contributed by atoms with E-state index in [1.165, 1.54) is 23.5 Å². The zero-order chi connectivity index (χ0) is 19.4. The zero-order valence-electron chi connectivity index (χ0n) is 13.8. The monoisotopic (exact) mass is 465 g/mol. The van der Waals surface area contributed by atoms with E-state index < -0.39 is 11.7 Å². The SMILES string of the molecule is N#CC1=C(SCC(=O)Nc2ccc(Br)cc2F)NC(=O)C[C@H]1c1cccs1. The maximum atomic E-state index is 13.8. The summed E-state index contributed by atoms with van der Waals surface area (Å²) < 4.78 is 14.4. The first-order valence-electron chi connectivity index (χ1n) is 7.83. The number of halogens is 2. The molecule has 2 heterocycles. The van der Waals surface area contributed by atoms with Crippen molar-refractivity contribution in [3.05, 3.63) is 61.5 Å². The van der Waals surface area contributed by atoms with Gasteiger partial charge in [0.05, 0.1) is 28.1 Å². The quantitative estimate of drug-likeness (QED) is 0.686. The molecule has 1 atom stereocenters. The molecule has 0 spiro atoms. The van der Waals surface area contributed by atoms with E-state index in [0.29, 0.717) is 15.1 Å². The number of carbonyl (C=O) groups is 2. The molecule has 3 rings (SSSR count). The van der Waals surface area contributed by atoms with Crippen molar-refractivity contribution < 1.29 is 14.0 Å². The highest BCUT2D eigenvalue weighted by atomic mass is 79.9. The number of thioether (sulfide) groups is 1. The van der Waals surface area contributed by atoms with Gasteiger partial charge in [-0.05, 0) is 29.6 Å². The zero-order valence-corrected chi connectivity index (χ0v) is 17.0. The molecule has 0 radical (unpaired) electrons. The molecule has 0 saturated carbocycles. The fourth-order valence-corrected chi connectivity index (χ4v) is 4.63. The number of anilines is 1. The van der Waals surface area contributed by atoms with Crippen LogP contribution in [0.25, 0.3) is 0 Å². The molecule has 2 aromatic rings. The molecule has 1 aromatic carbocycles. The summed E-state index contributed by atoms with van der Waals surface area (Å²) in [4.78, 5) is 25.1. The molecule has 1 aliphatic rings. The molecule has 1 aliphatic heterocycles. The first-order chi connectivity index (χ1) is 13.0. The Morgan fingerprint density at radius 3 is 2.96 bits per heavy atom. The number of carbonyl (C=O) groups excluding carboxylic acids is 2. The van der Waals surface area contributed by atoms with Gasteiger partial charge in [0.2, 0.25) is 11.8 Å². The molecular weight excluding hydrogens is 453 g/mol. The van der Waals surface area contributed by atoms with Gasteiger partial charge in [-0.1, -0.05) is 33.8 Å². The summed E-state index contributed by atoms with van der Waals surface area (Å²) in [5.41, 5.74) is 0.507. The Balaban J connectivity index is 1.72. The van der Waals surface area contributed by atoms with E-state index in [0.717, 1.165) is 16.6 Å². The normalized spacial score (nSPS) is 16.6. The fourth-order valence-electron chi connectivity index (χ4n) is 2.58. The summed E-state index contributed by atoms with van der Waals surface area (Å²) in [6, 6.07) is 10.2. The van der Waals surface area contributed by atoms with Crippen molar-refractivity contribution in [1.82, 2.24) is 5.32 Å². The van der Waals surface area contributed by atoms with Gasteiger partial charge in [-0.3, -0.25) is 9.59 Å². The van der Waals surface area contributed by atoms with Crippen LogP contribution in [0.2, 0.25) is 0 Å². The van der Waals surface area contributed by atoms with Crippen molar-refractivity contribution >= 4 is 56.5 Å². The van der Waals surface area contributed by atoms with Crippen LogP contribution >= 0.6 is 39.0 Å². The van der Waals surface area contributed by atoms with Crippen LogP contribution in [0.3, 0.4) is 0 Å². The predicted octanol–water partition coefficient (Wildman–Crippen LogP) is 4.36. The van der Waals surface area contributed by atoms with Crippen molar-refractivity contribution in [3.63, 3.8) is 0 Å². The number of hydrogen-bond donors (Lipinski definition) is 2. The minimum absolute atomic E-state index is 0.0620. The lowest BCUT2D eigenvalue weighted by atomic mass is 9.93. The number of nitrogens with one attached hydrogen (secondary N) is 2. The van der Waals surface area contributed by atoms with Gasteiger partial charge < -0.3 is 10.6 Å². The number of nitriles is 1. The van der Waals surface area contributed by atoms with Gasteiger partial charge in [-0.25, -0.2) is 4.39 Å². The maximum absolute atomic E-state index is 13.8. The third-order valence-electron chi connectivity index (χ3n) is 3.80. The molecule has 27 heavy (non-hydrogen) atoms. The highest BCUT2D eigenvalue weighted by Gasteiger charge is 2.30. The van der Waals surface area contributed by atoms with Gasteiger partial charge in [-0.15, -0.1) is 11.3 Å². The Morgan fingerprint density at radius 2 is 2.30 bits per heavy atom. The number of thiophene rings is 1. The smallest absolute Gasteiger partial charge is 0.234 e. The first-order valence-corrected chi connectivity index (χ1v) is 10.5. The topological polar surface area (TPSA) is 82.0 Å². The van der Waals surface area contributed by atoms with E-state index in [1.807, 2.05) is 17.5 Å². The van der Waals surface area contributed by atoms with Crippen molar-refractivity contribution in [3.8, 4) is 6.07 Å². The second-order valence-corrected chi connectivity index (χ2v) is 8.52. The summed E-state index contributed by atoms with van der Waals surface area (Å²) in [7, 11) is 0. The van der Waals surface area contributed by atoms with E-state index in [9.17, 15) is 19.2 Å². The van der Waals surface area contributed by atoms with Crippen LogP contribution in [-0.2, 0) is 9.59 Å². The first kappa shape index (κ1) is 19.6. The average molecular weight is 466 g/mol. The average Bonchev–Trinajstić information content (AvgIpc) is 3.16. The largest absolute Gasteiger partial charge is 0.323 e. The molecule has 0 fully saturated rings. The maximum Gasteiger partial charge on any atom is 0.234 e. The lowest BCUT2D eigenvalue weighted by Crippen LogP contribution is -2.31. The molecule has 9 heteroatoms. The summed E-state index contributed by atoms with van der Waals surface area (Å²) in [5, 5.41) is 17.0. The lowest BCUT2D eigenvalue weighted by Gasteiger charge is -2.23. The number of benzene rings is 1. The Hall–Kier alpha value is -2.15. The van der Waals surface area contributed by atoms with E-state index in [-0.39, 0.29) is 29.7 Å². The summed E-state index contributed by atoms with van der Waals surface area (Å²) >= 11 is 5.69. The number of hydrogen-bond acceptors (Lipinski definition) is 5. The second kappa shape index (κ2) is 8.69. The minimum atomic E-state index is -0.552. The van der Waals surface area contributed by atoms with Gasteiger partial charge in [0.25, 0.3) is 0 Å². The minimum Gasteiger partial charge on any atom is -0.323 e. The number of nitrogens with zero attached hydrogens (tertiary/aromatic N) is 1. The predicted molar refractivity (Wildman–Crippen MR) is 108 cm³/mol. The second-order valence-electron chi connectivity index (χ2n) is 5.64. The number of rotatable bonds is 5.